The lowest BCUT2D eigenvalue weighted by molar-refractivity contribution is -0.131. The minimum absolute atomic E-state index is 0.218. The van der Waals surface area contributed by atoms with Crippen molar-refractivity contribution in [3.63, 3.8) is 0 Å². The molecule has 3 heteroatoms. The van der Waals surface area contributed by atoms with Gasteiger partial charge in [-0.1, -0.05) is 35.7 Å². The van der Waals surface area contributed by atoms with Gasteiger partial charge in [-0.15, -0.1) is 0 Å². The molecule has 1 amide bonds. The van der Waals surface area contributed by atoms with Crippen LogP contribution in [0, 0.1) is 13.8 Å². The van der Waals surface area contributed by atoms with Crippen LogP contribution < -0.4 is 5.32 Å². The third-order valence-electron chi connectivity index (χ3n) is 4.07. The van der Waals surface area contributed by atoms with Crippen molar-refractivity contribution in [1.82, 2.24) is 10.2 Å². The smallest absolute Gasteiger partial charge is 0.222 e. The summed E-state index contributed by atoms with van der Waals surface area (Å²) in [5.74, 6) is 0.312. The normalized spacial score (nSPS) is 17.9. The van der Waals surface area contributed by atoms with Gasteiger partial charge < -0.3 is 10.2 Å². The molecule has 1 N–H and O–H groups in total. The molecule has 0 aliphatic carbocycles. The molecule has 1 atom stereocenters. The first-order valence-electron chi connectivity index (χ1n) is 7.63. The van der Waals surface area contributed by atoms with Crippen molar-refractivity contribution in [2.45, 2.75) is 45.6 Å². The zero-order chi connectivity index (χ0) is 14.5. The molecular weight excluding hydrogens is 248 g/mol. The molecule has 1 aromatic carbocycles. The second-order valence-corrected chi connectivity index (χ2v) is 5.91. The summed E-state index contributed by atoms with van der Waals surface area (Å²) in [5, 5.41) is 3.37. The fraction of sp³-hybridized carbons (Fsp3) is 0.588. The molecule has 0 spiro atoms. The van der Waals surface area contributed by atoms with E-state index in [1.54, 1.807) is 0 Å². The average Bonchev–Trinajstić information content (AvgIpc) is 2.59. The summed E-state index contributed by atoms with van der Waals surface area (Å²) in [6.07, 6.45) is 4.07. The summed E-state index contributed by atoms with van der Waals surface area (Å²) in [6.45, 7) is 5.93. The molecular formula is C17H26N2O. The predicted molar refractivity (Wildman–Crippen MR) is 82.8 cm³/mol. The number of nitrogens with zero attached hydrogens (tertiary/aromatic N) is 1. The highest BCUT2D eigenvalue weighted by Crippen LogP contribution is 2.20. The van der Waals surface area contributed by atoms with Crippen LogP contribution in [0.25, 0.3) is 0 Å². The number of likely N-dealkylation sites (N-methyl/N-ethyl adjacent to an activating group) is 1. The molecule has 2 rings (SSSR count). The van der Waals surface area contributed by atoms with Crippen LogP contribution in [0.4, 0.5) is 0 Å². The highest BCUT2D eigenvalue weighted by Gasteiger charge is 2.21. The maximum Gasteiger partial charge on any atom is 0.222 e. The van der Waals surface area contributed by atoms with Crippen LogP contribution in [0.3, 0.4) is 0 Å². The first-order valence-corrected chi connectivity index (χ1v) is 7.63. The first kappa shape index (κ1) is 15.0. The maximum absolute atomic E-state index is 12.1. The van der Waals surface area contributed by atoms with Crippen molar-refractivity contribution < 1.29 is 4.79 Å². The third-order valence-corrected chi connectivity index (χ3v) is 4.07. The number of carbonyl (C=O) groups is 1. The number of carbonyl (C=O) groups excluding carboxylic acids is 1. The van der Waals surface area contributed by atoms with Crippen molar-refractivity contribution in [2.24, 2.45) is 0 Å². The summed E-state index contributed by atoms with van der Waals surface area (Å²) in [6, 6.07) is 6.84. The van der Waals surface area contributed by atoms with Gasteiger partial charge in [0.25, 0.3) is 0 Å². The zero-order valence-electron chi connectivity index (χ0n) is 12.9. The van der Waals surface area contributed by atoms with E-state index < -0.39 is 0 Å². The Morgan fingerprint density at radius 2 is 1.85 bits per heavy atom. The third kappa shape index (κ3) is 3.83. The van der Waals surface area contributed by atoms with Gasteiger partial charge in [0.1, 0.15) is 0 Å². The van der Waals surface area contributed by atoms with E-state index in [9.17, 15) is 4.79 Å². The molecule has 0 aromatic heterocycles. The average molecular weight is 274 g/mol. The number of amides is 1. The molecule has 1 heterocycles. The van der Waals surface area contributed by atoms with E-state index in [-0.39, 0.29) is 6.04 Å². The molecule has 0 radical (unpaired) electrons. The van der Waals surface area contributed by atoms with E-state index in [2.05, 4.69) is 37.4 Å². The van der Waals surface area contributed by atoms with Crippen LogP contribution in [-0.4, -0.2) is 30.9 Å². The summed E-state index contributed by atoms with van der Waals surface area (Å²) in [7, 11) is 1.98. The zero-order valence-corrected chi connectivity index (χ0v) is 12.9. The van der Waals surface area contributed by atoms with Gasteiger partial charge in [0.2, 0.25) is 5.91 Å². The van der Waals surface area contributed by atoms with Gasteiger partial charge >= 0.3 is 0 Å². The Morgan fingerprint density at radius 3 is 2.50 bits per heavy atom. The number of nitrogens with one attached hydrogen (secondary N) is 1. The molecule has 20 heavy (non-hydrogen) atoms. The van der Waals surface area contributed by atoms with E-state index in [1.165, 1.54) is 23.1 Å². The van der Waals surface area contributed by atoms with E-state index in [0.717, 1.165) is 25.9 Å². The minimum Gasteiger partial charge on any atom is -0.341 e. The van der Waals surface area contributed by atoms with Crippen LogP contribution >= 0.6 is 0 Å². The van der Waals surface area contributed by atoms with Crippen LogP contribution in [0.5, 0.6) is 0 Å². The van der Waals surface area contributed by atoms with Crippen LogP contribution in [0.15, 0.2) is 18.2 Å². The molecule has 1 saturated heterocycles. The van der Waals surface area contributed by atoms with Gasteiger partial charge in [0.05, 0.1) is 0 Å². The molecule has 3 nitrogen and oxygen atoms in total. The van der Waals surface area contributed by atoms with Crippen LogP contribution in [0.1, 0.15) is 48.4 Å². The quantitative estimate of drug-likeness (QED) is 0.915. The van der Waals surface area contributed by atoms with Crippen molar-refractivity contribution >= 4 is 5.91 Å². The number of benzene rings is 1. The molecule has 1 fully saturated rings. The molecule has 1 aliphatic heterocycles. The Kier molecular flexibility index (Phi) is 5.18. The van der Waals surface area contributed by atoms with E-state index >= 15 is 0 Å². The lowest BCUT2D eigenvalue weighted by atomic mass is 10.0. The Labute approximate surface area is 122 Å². The van der Waals surface area contributed by atoms with Gasteiger partial charge in [0, 0.05) is 25.6 Å². The van der Waals surface area contributed by atoms with Gasteiger partial charge in [0.15, 0.2) is 0 Å². The Morgan fingerprint density at radius 1 is 1.15 bits per heavy atom. The van der Waals surface area contributed by atoms with Crippen molar-refractivity contribution in [2.75, 3.05) is 20.1 Å². The highest BCUT2D eigenvalue weighted by atomic mass is 16.2. The van der Waals surface area contributed by atoms with Crippen LogP contribution in [0.2, 0.25) is 0 Å². The van der Waals surface area contributed by atoms with E-state index in [0.29, 0.717) is 12.3 Å². The molecule has 1 unspecified atom stereocenters. The fourth-order valence-corrected chi connectivity index (χ4v) is 3.03. The van der Waals surface area contributed by atoms with Crippen molar-refractivity contribution in [3.05, 3.63) is 34.9 Å². The summed E-state index contributed by atoms with van der Waals surface area (Å²) >= 11 is 0. The van der Waals surface area contributed by atoms with Gasteiger partial charge in [-0.25, -0.2) is 0 Å². The Bertz CT molecular complexity index is 450. The van der Waals surface area contributed by atoms with Gasteiger partial charge in [-0.3, -0.25) is 4.79 Å². The Balaban J connectivity index is 2.13. The largest absolute Gasteiger partial charge is 0.341 e. The number of likely N-dealkylation sites (tertiary alicyclic amines) is 1. The monoisotopic (exact) mass is 274 g/mol. The highest BCUT2D eigenvalue weighted by molar-refractivity contribution is 5.76. The second kappa shape index (κ2) is 6.89. The lowest BCUT2D eigenvalue weighted by Gasteiger charge is -2.27. The van der Waals surface area contributed by atoms with Crippen molar-refractivity contribution in [1.29, 1.82) is 0 Å². The molecule has 1 aromatic rings. The number of hydrogen-bond donors (Lipinski definition) is 1. The topological polar surface area (TPSA) is 32.3 Å². The second-order valence-electron chi connectivity index (χ2n) is 5.91. The van der Waals surface area contributed by atoms with E-state index in [4.69, 9.17) is 0 Å². The molecule has 0 saturated carbocycles. The molecule has 1 aliphatic rings. The van der Waals surface area contributed by atoms with E-state index in [1.807, 2.05) is 11.9 Å². The van der Waals surface area contributed by atoms with Gasteiger partial charge in [-0.2, -0.15) is 0 Å². The first-order chi connectivity index (χ1) is 9.60. The summed E-state index contributed by atoms with van der Waals surface area (Å²) < 4.78 is 0. The van der Waals surface area contributed by atoms with Crippen molar-refractivity contribution in [3.8, 4) is 0 Å². The Hall–Kier alpha value is -1.35. The number of hydrogen-bond acceptors (Lipinski definition) is 2. The minimum atomic E-state index is 0.218. The maximum atomic E-state index is 12.1. The predicted octanol–water partition coefficient (Wildman–Crippen LogP) is 2.97. The number of aryl methyl sites for hydroxylation is 2. The lowest BCUT2D eigenvalue weighted by Crippen LogP contribution is -2.37. The molecule has 0 bridgehead atoms. The van der Waals surface area contributed by atoms with Crippen LogP contribution in [-0.2, 0) is 4.79 Å². The summed E-state index contributed by atoms with van der Waals surface area (Å²) in [5.41, 5.74) is 3.84. The molecule has 110 valence electrons. The van der Waals surface area contributed by atoms with Gasteiger partial charge in [-0.05, 0) is 39.3 Å². The standard InChI is InChI=1S/C17H26N2O/c1-13-9-14(2)11-15(10-13)16(18-3)12-19-8-6-4-5-7-17(19)20/h9-11,16,18H,4-8,12H2,1-3H3. The fourth-order valence-electron chi connectivity index (χ4n) is 3.03. The summed E-state index contributed by atoms with van der Waals surface area (Å²) in [4.78, 5) is 14.2. The SMILES string of the molecule is CNC(CN1CCCCCC1=O)c1cc(C)cc(C)c1. The number of rotatable bonds is 4.